The van der Waals surface area contributed by atoms with Gasteiger partial charge in [0, 0.05) is 24.6 Å². The van der Waals surface area contributed by atoms with Gasteiger partial charge in [-0.15, -0.1) is 0 Å². The molecule has 1 N–H and O–H groups in total. The minimum absolute atomic E-state index is 0.235. The van der Waals surface area contributed by atoms with Gasteiger partial charge in [0.05, 0.1) is 31.5 Å². The molecule has 0 radical (unpaired) electrons. The molecule has 0 atom stereocenters. The van der Waals surface area contributed by atoms with Gasteiger partial charge in [-0.3, -0.25) is 4.79 Å². The third kappa shape index (κ3) is 2.65. The van der Waals surface area contributed by atoms with E-state index in [9.17, 15) is 14.7 Å². The number of fused-ring (bicyclic) bond motifs is 1. The molecular weight excluding hydrogens is 274 g/mol. The molecule has 1 aromatic rings. The maximum absolute atomic E-state index is 12.1. The number of amides is 1. The zero-order valence-electron chi connectivity index (χ0n) is 12.0. The standard InChI is InChI=1S/C14H19N3O4/c1-21-13(19)16-6-3-11-10(8-16)7-12(18)17(15-11)9-14(20)4-2-5-14/h7,20H,2-6,8-9H2,1H3. The summed E-state index contributed by atoms with van der Waals surface area (Å²) in [5.41, 5.74) is 0.560. The number of methoxy groups -OCH3 is 1. The van der Waals surface area contributed by atoms with Crippen molar-refractivity contribution in [1.29, 1.82) is 0 Å². The first-order chi connectivity index (χ1) is 10.0. The van der Waals surface area contributed by atoms with Crippen molar-refractivity contribution in [3.8, 4) is 0 Å². The smallest absolute Gasteiger partial charge is 0.409 e. The van der Waals surface area contributed by atoms with Gasteiger partial charge in [0.2, 0.25) is 0 Å². The number of ether oxygens (including phenoxy) is 1. The van der Waals surface area contributed by atoms with Gasteiger partial charge in [-0.2, -0.15) is 5.10 Å². The maximum atomic E-state index is 12.1. The molecule has 0 aromatic carbocycles. The Morgan fingerprint density at radius 3 is 2.90 bits per heavy atom. The Morgan fingerprint density at radius 2 is 2.29 bits per heavy atom. The van der Waals surface area contributed by atoms with Crippen LogP contribution < -0.4 is 5.56 Å². The van der Waals surface area contributed by atoms with Crippen molar-refractivity contribution < 1.29 is 14.6 Å². The largest absolute Gasteiger partial charge is 0.453 e. The van der Waals surface area contributed by atoms with Crippen LogP contribution in [0.3, 0.4) is 0 Å². The van der Waals surface area contributed by atoms with Gasteiger partial charge < -0.3 is 14.7 Å². The fraction of sp³-hybridized carbons (Fsp3) is 0.643. The molecule has 2 heterocycles. The predicted octanol–water partition coefficient (Wildman–Crippen LogP) is 0.283. The van der Waals surface area contributed by atoms with Gasteiger partial charge in [-0.25, -0.2) is 9.48 Å². The fourth-order valence-corrected chi connectivity index (χ4v) is 2.86. The highest BCUT2D eigenvalue weighted by Crippen LogP contribution is 2.32. The van der Waals surface area contributed by atoms with Crippen molar-refractivity contribution in [3.05, 3.63) is 27.7 Å². The molecule has 1 aromatic heterocycles. The highest BCUT2D eigenvalue weighted by molar-refractivity contribution is 5.67. The van der Waals surface area contributed by atoms with Crippen LogP contribution in [0.5, 0.6) is 0 Å². The Balaban J connectivity index is 1.82. The van der Waals surface area contributed by atoms with E-state index in [0.717, 1.165) is 17.7 Å². The summed E-state index contributed by atoms with van der Waals surface area (Å²) >= 11 is 0. The van der Waals surface area contributed by atoms with Gasteiger partial charge in [-0.05, 0) is 19.3 Å². The van der Waals surface area contributed by atoms with Crippen LogP contribution in [-0.4, -0.2) is 45.1 Å². The molecule has 21 heavy (non-hydrogen) atoms. The number of hydrogen-bond acceptors (Lipinski definition) is 5. The first kappa shape index (κ1) is 14.1. The van der Waals surface area contributed by atoms with E-state index >= 15 is 0 Å². The highest BCUT2D eigenvalue weighted by Gasteiger charge is 2.35. The zero-order chi connectivity index (χ0) is 15.0. The van der Waals surface area contributed by atoms with Gasteiger partial charge in [0.25, 0.3) is 5.56 Å². The molecule has 3 rings (SSSR count). The molecule has 114 valence electrons. The number of carbonyl (C=O) groups is 1. The summed E-state index contributed by atoms with van der Waals surface area (Å²) in [6, 6.07) is 1.51. The lowest BCUT2D eigenvalue weighted by Crippen LogP contribution is -2.45. The number of carbonyl (C=O) groups excluding carboxylic acids is 1. The van der Waals surface area contributed by atoms with Crippen LogP contribution in [0.4, 0.5) is 4.79 Å². The van der Waals surface area contributed by atoms with Crippen LogP contribution in [0.25, 0.3) is 0 Å². The third-order valence-electron chi connectivity index (χ3n) is 4.31. The second kappa shape index (κ2) is 5.14. The second-order valence-corrected chi connectivity index (χ2v) is 5.83. The van der Waals surface area contributed by atoms with Gasteiger partial charge in [-0.1, -0.05) is 0 Å². The predicted molar refractivity (Wildman–Crippen MR) is 73.8 cm³/mol. The average molecular weight is 293 g/mol. The minimum Gasteiger partial charge on any atom is -0.453 e. The number of nitrogens with zero attached hydrogens (tertiary/aromatic N) is 3. The van der Waals surface area contributed by atoms with E-state index in [-0.39, 0.29) is 12.1 Å². The number of aliphatic hydroxyl groups is 1. The Morgan fingerprint density at radius 1 is 1.52 bits per heavy atom. The van der Waals surface area contributed by atoms with E-state index in [2.05, 4.69) is 5.10 Å². The Bertz CT molecular complexity index is 621. The normalized spacial score (nSPS) is 19.6. The van der Waals surface area contributed by atoms with Gasteiger partial charge in [0.15, 0.2) is 0 Å². The third-order valence-corrected chi connectivity index (χ3v) is 4.31. The molecule has 1 aliphatic heterocycles. The van der Waals surface area contributed by atoms with Crippen LogP contribution >= 0.6 is 0 Å². The number of aromatic nitrogens is 2. The summed E-state index contributed by atoms with van der Waals surface area (Å²) in [4.78, 5) is 25.2. The summed E-state index contributed by atoms with van der Waals surface area (Å²) in [5, 5.41) is 14.5. The van der Waals surface area contributed by atoms with Crippen molar-refractivity contribution in [2.24, 2.45) is 0 Å². The molecule has 1 amide bonds. The summed E-state index contributed by atoms with van der Waals surface area (Å²) < 4.78 is 6.05. The summed E-state index contributed by atoms with van der Waals surface area (Å²) in [6.45, 7) is 1.12. The molecule has 1 aliphatic carbocycles. The highest BCUT2D eigenvalue weighted by atomic mass is 16.5. The van der Waals surface area contributed by atoms with E-state index in [1.807, 2.05) is 0 Å². The van der Waals surface area contributed by atoms with Crippen LogP contribution in [-0.2, 0) is 24.2 Å². The Kier molecular flexibility index (Phi) is 3.44. The monoisotopic (exact) mass is 293 g/mol. The van der Waals surface area contributed by atoms with E-state index in [4.69, 9.17) is 4.74 Å². The molecule has 1 fully saturated rings. The van der Waals surface area contributed by atoms with Gasteiger partial charge in [0.1, 0.15) is 0 Å². The van der Waals surface area contributed by atoms with Crippen LogP contribution in [0.2, 0.25) is 0 Å². The minimum atomic E-state index is -0.780. The lowest BCUT2D eigenvalue weighted by Gasteiger charge is -2.36. The molecule has 0 saturated heterocycles. The van der Waals surface area contributed by atoms with Crippen molar-refractivity contribution in [3.63, 3.8) is 0 Å². The molecule has 0 unspecified atom stereocenters. The molecule has 7 nitrogen and oxygen atoms in total. The van der Waals surface area contributed by atoms with Crippen molar-refractivity contribution in [2.45, 2.75) is 44.4 Å². The number of rotatable bonds is 2. The first-order valence-electron chi connectivity index (χ1n) is 7.16. The molecule has 1 saturated carbocycles. The summed E-state index contributed by atoms with van der Waals surface area (Å²) in [7, 11) is 1.34. The number of hydrogen-bond donors (Lipinski definition) is 1. The maximum Gasteiger partial charge on any atom is 0.409 e. The van der Waals surface area contributed by atoms with E-state index in [1.165, 1.54) is 17.9 Å². The lowest BCUT2D eigenvalue weighted by atomic mass is 9.80. The topological polar surface area (TPSA) is 84.7 Å². The van der Waals surface area contributed by atoms with E-state index < -0.39 is 11.7 Å². The molecule has 0 bridgehead atoms. The van der Waals surface area contributed by atoms with Crippen molar-refractivity contribution >= 4 is 6.09 Å². The Labute approximate surface area is 122 Å². The van der Waals surface area contributed by atoms with Crippen LogP contribution in [0, 0.1) is 0 Å². The summed E-state index contributed by atoms with van der Waals surface area (Å²) in [6.07, 6.45) is 2.62. The fourth-order valence-electron chi connectivity index (χ4n) is 2.86. The first-order valence-corrected chi connectivity index (χ1v) is 7.16. The molecular formula is C14H19N3O4. The quantitative estimate of drug-likeness (QED) is 0.847. The molecule has 7 heteroatoms. The van der Waals surface area contributed by atoms with E-state index in [1.54, 1.807) is 4.90 Å². The van der Waals surface area contributed by atoms with Gasteiger partial charge >= 0.3 is 6.09 Å². The van der Waals surface area contributed by atoms with Crippen molar-refractivity contribution in [1.82, 2.24) is 14.7 Å². The Hall–Kier alpha value is -1.89. The van der Waals surface area contributed by atoms with Crippen molar-refractivity contribution in [2.75, 3.05) is 13.7 Å². The summed E-state index contributed by atoms with van der Waals surface area (Å²) in [5.74, 6) is 0. The van der Waals surface area contributed by atoms with Crippen LogP contribution in [0.1, 0.15) is 30.5 Å². The zero-order valence-corrected chi connectivity index (χ0v) is 12.0. The lowest BCUT2D eigenvalue weighted by molar-refractivity contribution is -0.0510. The van der Waals surface area contributed by atoms with Crippen LogP contribution in [0.15, 0.2) is 10.9 Å². The second-order valence-electron chi connectivity index (χ2n) is 5.83. The SMILES string of the molecule is COC(=O)N1CCc2nn(CC3(O)CCC3)c(=O)cc2C1. The molecule has 0 spiro atoms. The average Bonchev–Trinajstić information content (AvgIpc) is 2.45. The molecule has 2 aliphatic rings. The van der Waals surface area contributed by atoms with E-state index in [0.29, 0.717) is 32.4 Å².